The highest BCUT2D eigenvalue weighted by Crippen LogP contribution is 2.14. The maximum Gasteiger partial charge on any atom is 0.0910 e. The molecule has 13 heavy (non-hydrogen) atoms. The smallest absolute Gasteiger partial charge is 0.0910 e. The summed E-state index contributed by atoms with van der Waals surface area (Å²) >= 11 is 3.39. The number of hydrogen-bond acceptors (Lipinski definition) is 1. The second kappa shape index (κ2) is 5.64. The number of aryl methyl sites for hydroxylation is 1. The van der Waals surface area contributed by atoms with Gasteiger partial charge in [0.2, 0.25) is 0 Å². The molecule has 2 N–H and O–H groups in total. The van der Waals surface area contributed by atoms with Crippen LogP contribution >= 0.6 is 39.9 Å². The third-order valence-corrected chi connectivity index (χ3v) is 2.00. The van der Waals surface area contributed by atoms with E-state index in [1.54, 1.807) is 6.92 Å². The Labute approximate surface area is 104 Å². The normalized spacial score (nSPS) is 11.2. The Balaban J connectivity index is 0.00000144. The standard InChI is InChI=1S/C8H12BrN3.HI/c1-6(10)11-4-8-3-7(9)5-12(8)2;/h3,5H,4H2,1-2H3,(H2,10,11);1H. The van der Waals surface area contributed by atoms with Crippen molar-refractivity contribution < 1.29 is 0 Å². The minimum absolute atomic E-state index is 0. The third kappa shape index (κ3) is 4.12. The molecule has 0 fully saturated rings. The maximum atomic E-state index is 5.43. The van der Waals surface area contributed by atoms with Crippen molar-refractivity contribution in [3.8, 4) is 0 Å². The van der Waals surface area contributed by atoms with Crippen LogP contribution < -0.4 is 5.73 Å². The van der Waals surface area contributed by atoms with Gasteiger partial charge in [0, 0.05) is 23.4 Å². The summed E-state index contributed by atoms with van der Waals surface area (Å²) in [6.45, 7) is 2.43. The van der Waals surface area contributed by atoms with Gasteiger partial charge in [0.15, 0.2) is 0 Å². The molecule has 0 aliphatic rings. The summed E-state index contributed by atoms with van der Waals surface area (Å²) in [6, 6.07) is 2.03. The fraction of sp³-hybridized carbons (Fsp3) is 0.375. The van der Waals surface area contributed by atoms with Crippen molar-refractivity contribution in [2.45, 2.75) is 13.5 Å². The van der Waals surface area contributed by atoms with E-state index in [2.05, 4.69) is 20.9 Å². The Bertz CT molecular complexity index is 302. The van der Waals surface area contributed by atoms with Gasteiger partial charge in [-0.1, -0.05) is 0 Å². The molecule has 0 amide bonds. The van der Waals surface area contributed by atoms with Crippen LogP contribution in [0.1, 0.15) is 12.6 Å². The van der Waals surface area contributed by atoms with Gasteiger partial charge in [-0.2, -0.15) is 0 Å². The lowest BCUT2D eigenvalue weighted by molar-refractivity contribution is 0.823. The van der Waals surface area contributed by atoms with Crippen molar-refractivity contribution in [3.05, 3.63) is 22.4 Å². The van der Waals surface area contributed by atoms with Crippen LogP contribution in [0.4, 0.5) is 0 Å². The Kier molecular flexibility index (Phi) is 5.62. The van der Waals surface area contributed by atoms with E-state index in [9.17, 15) is 0 Å². The predicted molar refractivity (Wildman–Crippen MR) is 69.5 cm³/mol. The Morgan fingerprint density at radius 2 is 2.31 bits per heavy atom. The molecule has 0 aliphatic heterocycles. The lowest BCUT2D eigenvalue weighted by Crippen LogP contribution is -2.06. The third-order valence-electron chi connectivity index (χ3n) is 1.56. The lowest BCUT2D eigenvalue weighted by atomic mass is 10.4. The molecule has 1 heterocycles. The Hall–Kier alpha value is -0.0400. The van der Waals surface area contributed by atoms with Crippen molar-refractivity contribution >= 4 is 45.7 Å². The highest BCUT2D eigenvalue weighted by Gasteiger charge is 1.98. The lowest BCUT2D eigenvalue weighted by Gasteiger charge is -1.98. The molecule has 74 valence electrons. The first-order valence-electron chi connectivity index (χ1n) is 3.67. The molecule has 0 bridgehead atoms. The summed E-state index contributed by atoms with van der Waals surface area (Å²) in [4.78, 5) is 4.12. The van der Waals surface area contributed by atoms with E-state index < -0.39 is 0 Å². The monoisotopic (exact) mass is 357 g/mol. The zero-order valence-electron chi connectivity index (χ0n) is 7.62. The van der Waals surface area contributed by atoms with E-state index in [0.29, 0.717) is 12.4 Å². The van der Waals surface area contributed by atoms with E-state index >= 15 is 0 Å². The molecular weight excluding hydrogens is 345 g/mol. The van der Waals surface area contributed by atoms with Crippen LogP contribution in [0.2, 0.25) is 0 Å². The quantitative estimate of drug-likeness (QED) is 0.492. The zero-order chi connectivity index (χ0) is 9.14. The molecule has 0 spiro atoms. The fourth-order valence-corrected chi connectivity index (χ4v) is 1.50. The number of halogens is 2. The molecule has 1 aromatic rings. The summed E-state index contributed by atoms with van der Waals surface area (Å²) < 4.78 is 3.10. The average Bonchev–Trinajstić information content (AvgIpc) is 2.26. The van der Waals surface area contributed by atoms with Gasteiger partial charge in [0.05, 0.1) is 12.4 Å². The fourth-order valence-electron chi connectivity index (χ4n) is 0.929. The first-order chi connectivity index (χ1) is 5.59. The Morgan fingerprint density at radius 1 is 1.69 bits per heavy atom. The van der Waals surface area contributed by atoms with E-state index in [1.165, 1.54) is 0 Å². The van der Waals surface area contributed by atoms with E-state index in [-0.39, 0.29) is 24.0 Å². The van der Waals surface area contributed by atoms with Gasteiger partial charge >= 0.3 is 0 Å². The molecule has 0 aliphatic carbocycles. The van der Waals surface area contributed by atoms with Crippen molar-refractivity contribution in [1.29, 1.82) is 0 Å². The van der Waals surface area contributed by atoms with Crippen LogP contribution in [-0.2, 0) is 13.6 Å². The van der Waals surface area contributed by atoms with Crippen LogP contribution in [-0.4, -0.2) is 10.4 Å². The van der Waals surface area contributed by atoms with E-state index in [0.717, 1.165) is 10.2 Å². The number of rotatable bonds is 2. The highest BCUT2D eigenvalue weighted by atomic mass is 127. The van der Waals surface area contributed by atoms with Crippen LogP contribution in [0.5, 0.6) is 0 Å². The minimum Gasteiger partial charge on any atom is -0.388 e. The van der Waals surface area contributed by atoms with Gasteiger partial charge in [0.1, 0.15) is 0 Å². The van der Waals surface area contributed by atoms with Gasteiger partial charge in [-0.05, 0) is 28.9 Å². The summed E-state index contributed by atoms with van der Waals surface area (Å²) in [5, 5.41) is 0. The molecule has 0 atom stereocenters. The molecule has 0 saturated heterocycles. The highest BCUT2D eigenvalue weighted by molar-refractivity contribution is 14.0. The first kappa shape index (κ1) is 13.0. The summed E-state index contributed by atoms with van der Waals surface area (Å²) in [5.74, 6) is 0.618. The Morgan fingerprint density at radius 3 is 2.69 bits per heavy atom. The zero-order valence-corrected chi connectivity index (χ0v) is 11.5. The van der Waals surface area contributed by atoms with Crippen LogP contribution in [0.25, 0.3) is 0 Å². The molecule has 1 rings (SSSR count). The van der Waals surface area contributed by atoms with Crippen molar-refractivity contribution in [2.24, 2.45) is 17.8 Å². The van der Waals surface area contributed by atoms with Gasteiger partial charge < -0.3 is 10.3 Å². The van der Waals surface area contributed by atoms with Gasteiger partial charge in [-0.15, -0.1) is 24.0 Å². The summed E-state index contributed by atoms with van der Waals surface area (Å²) in [6.07, 6.45) is 2.00. The molecule has 1 aromatic heterocycles. The topological polar surface area (TPSA) is 43.3 Å². The number of aliphatic imine (C=N–C) groups is 1. The summed E-state index contributed by atoms with van der Waals surface area (Å²) in [5.41, 5.74) is 6.57. The molecule has 0 aromatic carbocycles. The average molecular weight is 358 g/mol. The van der Waals surface area contributed by atoms with Crippen LogP contribution in [0.15, 0.2) is 21.7 Å². The maximum absolute atomic E-state index is 5.43. The van der Waals surface area contributed by atoms with Crippen LogP contribution in [0, 0.1) is 0 Å². The first-order valence-corrected chi connectivity index (χ1v) is 4.46. The SMILES string of the molecule is CC(N)=NCc1cc(Br)cn1C.I. The number of amidine groups is 1. The number of nitrogens with zero attached hydrogens (tertiary/aromatic N) is 2. The van der Waals surface area contributed by atoms with Crippen molar-refractivity contribution in [3.63, 3.8) is 0 Å². The number of nitrogens with two attached hydrogens (primary N) is 1. The van der Waals surface area contributed by atoms with E-state index in [4.69, 9.17) is 5.73 Å². The van der Waals surface area contributed by atoms with Gasteiger partial charge in [0.25, 0.3) is 0 Å². The largest absolute Gasteiger partial charge is 0.388 e. The molecule has 3 nitrogen and oxygen atoms in total. The number of aromatic nitrogens is 1. The minimum atomic E-state index is 0. The molecule has 0 radical (unpaired) electrons. The summed E-state index contributed by atoms with van der Waals surface area (Å²) in [7, 11) is 1.99. The second-order valence-corrected chi connectivity index (χ2v) is 3.63. The van der Waals surface area contributed by atoms with Crippen LogP contribution in [0.3, 0.4) is 0 Å². The van der Waals surface area contributed by atoms with Gasteiger partial charge in [-0.25, -0.2) is 0 Å². The number of hydrogen-bond donors (Lipinski definition) is 1. The van der Waals surface area contributed by atoms with Gasteiger partial charge in [-0.3, -0.25) is 4.99 Å². The van der Waals surface area contributed by atoms with Crippen molar-refractivity contribution in [1.82, 2.24) is 4.57 Å². The molecule has 5 heteroatoms. The molecular formula is C8H13BrIN3. The second-order valence-electron chi connectivity index (χ2n) is 2.72. The predicted octanol–water partition coefficient (Wildman–Crippen LogP) is 2.28. The van der Waals surface area contributed by atoms with E-state index in [1.807, 2.05) is 23.9 Å². The van der Waals surface area contributed by atoms with Crippen molar-refractivity contribution in [2.75, 3.05) is 0 Å². The molecule has 0 unspecified atom stereocenters. The molecule has 0 saturated carbocycles.